The van der Waals surface area contributed by atoms with Crippen molar-refractivity contribution in [3.8, 4) is 0 Å². The van der Waals surface area contributed by atoms with Crippen molar-refractivity contribution in [3.05, 3.63) is 34.3 Å². The average Bonchev–Trinajstić information content (AvgIpc) is 2.05. The first kappa shape index (κ1) is 12.2. The van der Waals surface area contributed by atoms with Gasteiger partial charge in [-0.25, -0.2) is 0 Å². The molecule has 3 heteroatoms. The van der Waals surface area contributed by atoms with E-state index in [0.29, 0.717) is 12.3 Å². The summed E-state index contributed by atoms with van der Waals surface area (Å²) in [5.74, 6) is 0.685. The van der Waals surface area contributed by atoms with Crippen LogP contribution in [0.4, 0.5) is 0 Å². The van der Waals surface area contributed by atoms with Crippen molar-refractivity contribution in [3.63, 3.8) is 0 Å². The number of aliphatic imine (C=N–C) groups is 1. The number of rotatable bonds is 2. The van der Waals surface area contributed by atoms with Crippen LogP contribution in [0.5, 0.6) is 0 Å². The molecule has 0 aliphatic carbocycles. The van der Waals surface area contributed by atoms with Gasteiger partial charge in [0.1, 0.15) is 0 Å². The topological polar surface area (TPSA) is 38.4 Å². The zero-order valence-electron chi connectivity index (χ0n) is 9.42. The van der Waals surface area contributed by atoms with Gasteiger partial charge in [0.15, 0.2) is 0 Å². The third kappa shape index (κ3) is 4.98. The molecule has 0 bridgehead atoms. The smallest absolute Gasteiger partial charge is 0.0987 e. The summed E-state index contributed by atoms with van der Waals surface area (Å²) in [6, 6.07) is 8.13. The van der Waals surface area contributed by atoms with Crippen LogP contribution in [0.1, 0.15) is 26.3 Å². The molecule has 15 heavy (non-hydrogen) atoms. The van der Waals surface area contributed by atoms with Crippen molar-refractivity contribution in [1.29, 1.82) is 0 Å². The van der Waals surface area contributed by atoms with E-state index in [1.54, 1.807) is 0 Å². The Bertz CT molecular complexity index is 347. The van der Waals surface area contributed by atoms with Crippen molar-refractivity contribution in [2.75, 3.05) is 0 Å². The van der Waals surface area contributed by atoms with Crippen LogP contribution >= 0.6 is 15.9 Å². The number of hydrogen-bond donors (Lipinski definition) is 1. The van der Waals surface area contributed by atoms with E-state index in [9.17, 15) is 0 Å². The van der Waals surface area contributed by atoms with Gasteiger partial charge in [-0.3, -0.25) is 4.99 Å². The molecule has 0 aliphatic rings. The molecule has 2 nitrogen and oxygen atoms in total. The molecule has 0 aromatic heterocycles. The quantitative estimate of drug-likeness (QED) is 0.650. The highest BCUT2D eigenvalue weighted by atomic mass is 79.9. The highest BCUT2D eigenvalue weighted by Crippen LogP contribution is 2.12. The Morgan fingerprint density at radius 1 is 1.27 bits per heavy atom. The third-order valence-corrected chi connectivity index (χ3v) is 2.31. The molecule has 0 amide bonds. The van der Waals surface area contributed by atoms with Crippen LogP contribution < -0.4 is 5.73 Å². The Labute approximate surface area is 99.7 Å². The number of amidine groups is 1. The Morgan fingerprint density at radius 2 is 1.80 bits per heavy atom. The van der Waals surface area contributed by atoms with Crippen LogP contribution in [0.3, 0.4) is 0 Å². The van der Waals surface area contributed by atoms with E-state index in [2.05, 4.69) is 33.1 Å². The molecule has 0 radical (unpaired) electrons. The summed E-state index contributed by atoms with van der Waals surface area (Å²) in [6.07, 6.45) is 0.713. The molecular formula is C12H17BrN2. The lowest BCUT2D eigenvalue weighted by molar-refractivity contribution is 0.581. The van der Waals surface area contributed by atoms with Gasteiger partial charge in [-0.2, -0.15) is 0 Å². The maximum atomic E-state index is 5.87. The fraction of sp³-hybridized carbons (Fsp3) is 0.417. The number of hydrogen-bond acceptors (Lipinski definition) is 1. The summed E-state index contributed by atoms with van der Waals surface area (Å²) in [5, 5.41) is 0. The largest absolute Gasteiger partial charge is 0.387 e. The second-order valence-corrected chi connectivity index (χ2v) is 5.49. The van der Waals surface area contributed by atoms with Crippen LogP contribution in [0.15, 0.2) is 33.7 Å². The standard InChI is InChI=1S/C12H17BrN2/c1-12(2,3)15-11(14)8-9-4-6-10(13)7-5-9/h4-7H,8H2,1-3H3,(H2,14,15). The second kappa shape index (κ2) is 4.79. The first-order chi connectivity index (χ1) is 6.87. The van der Waals surface area contributed by atoms with E-state index in [0.717, 1.165) is 4.47 Å². The Morgan fingerprint density at radius 3 is 2.27 bits per heavy atom. The van der Waals surface area contributed by atoms with Crippen LogP contribution in [0, 0.1) is 0 Å². The molecule has 0 unspecified atom stereocenters. The van der Waals surface area contributed by atoms with Gasteiger partial charge in [-0.15, -0.1) is 0 Å². The number of halogens is 1. The summed E-state index contributed by atoms with van der Waals surface area (Å²) in [4.78, 5) is 4.41. The highest BCUT2D eigenvalue weighted by molar-refractivity contribution is 9.10. The number of nitrogens with zero attached hydrogens (tertiary/aromatic N) is 1. The van der Waals surface area contributed by atoms with Gasteiger partial charge in [-0.1, -0.05) is 28.1 Å². The summed E-state index contributed by atoms with van der Waals surface area (Å²) in [6.45, 7) is 6.13. The first-order valence-electron chi connectivity index (χ1n) is 4.95. The van der Waals surface area contributed by atoms with Crippen molar-refractivity contribution in [2.24, 2.45) is 10.7 Å². The Balaban J connectivity index is 2.70. The molecule has 0 fully saturated rings. The SMILES string of the molecule is CC(C)(C)N=C(N)Cc1ccc(Br)cc1. The molecule has 0 atom stereocenters. The Kier molecular flexibility index (Phi) is 3.91. The number of benzene rings is 1. The van der Waals surface area contributed by atoms with E-state index < -0.39 is 0 Å². The van der Waals surface area contributed by atoms with Gasteiger partial charge >= 0.3 is 0 Å². The zero-order chi connectivity index (χ0) is 11.5. The number of nitrogens with two attached hydrogens (primary N) is 1. The predicted octanol–water partition coefficient (Wildman–Crippen LogP) is 3.15. The van der Waals surface area contributed by atoms with E-state index in [4.69, 9.17) is 5.73 Å². The van der Waals surface area contributed by atoms with Gasteiger partial charge in [-0.05, 0) is 38.5 Å². The maximum absolute atomic E-state index is 5.87. The summed E-state index contributed by atoms with van der Waals surface area (Å²) in [5.41, 5.74) is 6.95. The van der Waals surface area contributed by atoms with Gasteiger partial charge in [0, 0.05) is 10.9 Å². The lowest BCUT2D eigenvalue weighted by Gasteiger charge is -2.13. The van der Waals surface area contributed by atoms with E-state index in [1.165, 1.54) is 5.56 Å². The van der Waals surface area contributed by atoms with Gasteiger partial charge < -0.3 is 5.73 Å². The van der Waals surface area contributed by atoms with Gasteiger partial charge in [0.2, 0.25) is 0 Å². The summed E-state index contributed by atoms with van der Waals surface area (Å²) < 4.78 is 1.08. The molecule has 0 aliphatic heterocycles. The van der Waals surface area contributed by atoms with Crippen LogP contribution in [-0.4, -0.2) is 11.4 Å². The molecule has 2 N–H and O–H groups in total. The fourth-order valence-electron chi connectivity index (χ4n) is 1.28. The minimum atomic E-state index is -0.0978. The van der Waals surface area contributed by atoms with E-state index in [-0.39, 0.29) is 5.54 Å². The minimum absolute atomic E-state index is 0.0978. The van der Waals surface area contributed by atoms with Crippen molar-refractivity contribution in [1.82, 2.24) is 0 Å². The maximum Gasteiger partial charge on any atom is 0.0987 e. The van der Waals surface area contributed by atoms with Crippen LogP contribution in [0.25, 0.3) is 0 Å². The van der Waals surface area contributed by atoms with Crippen molar-refractivity contribution in [2.45, 2.75) is 32.7 Å². The minimum Gasteiger partial charge on any atom is -0.387 e. The van der Waals surface area contributed by atoms with Crippen LogP contribution in [0.2, 0.25) is 0 Å². The molecule has 0 spiro atoms. The molecule has 82 valence electrons. The first-order valence-corrected chi connectivity index (χ1v) is 5.75. The average molecular weight is 269 g/mol. The van der Waals surface area contributed by atoms with Gasteiger partial charge in [0.05, 0.1) is 11.4 Å². The van der Waals surface area contributed by atoms with Crippen molar-refractivity contribution < 1.29 is 0 Å². The molecule has 0 saturated heterocycles. The molecule has 0 heterocycles. The normalized spacial score (nSPS) is 12.9. The zero-order valence-corrected chi connectivity index (χ0v) is 11.0. The summed E-state index contributed by atoms with van der Waals surface area (Å²) in [7, 11) is 0. The van der Waals surface area contributed by atoms with Crippen LogP contribution in [-0.2, 0) is 6.42 Å². The molecule has 0 saturated carbocycles. The summed E-state index contributed by atoms with van der Waals surface area (Å²) >= 11 is 3.40. The fourth-order valence-corrected chi connectivity index (χ4v) is 1.55. The predicted molar refractivity (Wildman–Crippen MR) is 69.2 cm³/mol. The lowest BCUT2D eigenvalue weighted by atomic mass is 10.1. The van der Waals surface area contributed by atoms with E-state index in [1.807, 2.05) is 32.9 Å². The van der Waals surface area contributed by atoms with E-state index >= 15 is 0 Å². The highest BCUT2D eigenvalue weighted by Gasteiger charge is 2.08. The second-order valence-electron chi connectivity index (χ2n) is 4.58. The molecule has 1 rings (SSSR count). The van der Waals surface area contributed by atoms with Crippen molar-refractivity contribution >= 4 is 21.8 Å². The van der Waals surface area contributed by atoms with Gasteiger partial charge in [0.25, 0.3) is 0 Å². The molecule has 1 aromatic carbocycles. The molecule has 1 aromatic rings. The third-order valence-electron chi connectivity index (χ3n) is 1.78. The lowest BCUT2D eigenvalue weighted by Crippen LogP contribution is -2.22. The Hall–Kier alpha value is -0.830. The monoisotopic (exact) mass is 268 g/mol. The molecular weight excluding hydrogens is 252 g/mol.